The van der Waals surface area contributed by atoms with Crippen LogP contribution in [0.4, 0.5) is 5.69 Å². The molecule has 1 amide bonds. The van der Waals surface area contributed by atoms with Crippen LogP contribution in [0.5, 0.6) is 11.5 Å². The number of nitrogens with one attached hydrogen (secondary N) is 1. The molecule has 3 aromatic rings. The van der Waals surface area contributed by atoms with E-state index in [2.05, 4.69) is 21.2 Å². The van der Waals surface area contributed by atoms with Crippen molar-refractivity contribution in [2.24, 2.45) is 0 Å². The second-order valence-electron chi connectivity index (χ2n) is 6.95. The molecule has 0 atom stereocenters. The summed E-state index contributed by atoms with van der Waals surface area (Å²) in [6.07, 6.45) is 3.25. The van der Waals surface area contributed by atoms with E-state index in [4.69, 9.17) is 9.47 Å². The Kier molecular flexibility index (Phi) is 7.31. The minimum Gasteiger partial charge on any atom is -0.493 e. The summed E-state index contributed by atoms with van der Waals surface area (Å²) < 4.78 is 12.2. The van der Waals surface area contributed by atoms with Crippen molar-refractivity contribution in [1.82, 2.24) is 0 Å². The standard InChI is InChI=1S/C25H24BrNO3/c1-17-9-11-22(18(2)13-17)27-24(28)12-10-20-14-21(26)25(23(15-20)29-3)30-16-19-7-5-4-6-8-19/h4-15H,16H2,1-3H3,(H,27,28). The summed E-state index contributed by atoms with van der Waals surface area (Å²) in [6.45, 7) is 4.43. The molecule has 154 valence electrons. The highest BCUT2D eigenvalue weighted by molar-refractivity contribution is 9.10. The van der Waals surface area contributed by atoms with Crippen LogP contribution in [0.25, 0.3) is 6.08 Å². The van der Waals surface area contributed by atoms with Crippen LogP contribution >= 0.6 is 15.9 Å². The van der Waals surface area contributed by atoms with Crippen LogP contribution in [0.3, 0.4) is 0 Å². The van der Waals surface area contributed by atoms with Crippen molar-refractivity contribution in [3.8, 4) is 11.5 Å². The number of halogens is 1. The number of hydrogen-bond donors (Lipinski definition) is 1. The highest BCUT2D eigenvalue weighted by Gasteiger charge is 2.11. The lowest BCUT2D eigenvalue weighted by Crippen LogP contribution is -2.09. The van der Waals surface area contributed by atoms with Crippen molar-refractivity contribution in [2.75, 3.05) is 12.4 Å². The summed E-state index contributed by atoms with van der Waals surface area (Å²) >= 11 is 3.55. The van der Waals surface area contributed by atoms with Gasteiger partial charge >= 0.3 is 0 Å². The van der Waals surface area contributed by atoms with E-state index in [-0.39, 0.29) is 5.91 Å². The summed E-state index contributed by atoms with van der Waals surface area (Å²) in [5.41, 5.74) is 4.88. The lowest BCUT2D eigenvalue weighted by molar-refractivity contribution is -0.111. The number of benzene rings is 3. The van der Waals surface area contributed by atoms with E-state index in [1.807, 2.05) is 74.5 Å². The fourth-order valence-electron chi connectivity index (χ4n) is 3.01. The maximum Gasteiger partial charge on any atom is 0.248 e. The summed E-state index contributed by atoms with van der Waals surface area (Å²) in [5.74, 6) is 1.02. The number of aryl methyl sites for hydroxylation is 2. The molecule has 3 rings (SSSR count). The molecule has 0 saturated carbocycles. The second-order valence-corrected chi connectivity index (χ2v) is 7.80. The lowest BCUT2D eigenvalue weighted by atomic mass is 10.1. The van der Waals surface area contributed by atoms with Crippen LogP contribution < -0.4 is 14.8 Å². The number of anilines is 1. The average Bonchev–Trinajstić information content (AvgIpc) is 2.74. The normalized spacial score (nSPS) is 10.8. The van der Waals surface area contributed by atoms with Crippen LogP contribution in [-0.4, -0.2) is 13.0 Å². The maximum atomic E-state index is 12.3. The first-order chi connectivity index (χ1) is 14.5. The van der Waals surface area contributed by atoms with Gasteiger partial charge in [0.1, 0.15) is 6.61 Å². The first-order valence-corrected chi connectivity index (χ1v) is 10.4. The summed E-state index contributed by atoms with van der Waals surface area (Å²) in [5, 5.41) is 2.91. The van der Waals surface area contributed by atoms with Gasteiger partial charge in [0.15, 0.2) is 11.5 Å². The molecular weight excluding hydrogens is 442 g/mol. The average molecular weight is 466 g/mol. The summed E-state index contributed by atoms with van der Waals surface area (Å²) in [4.78, 5) is 12.3. The molecule has 0 bridgehead atoms. The van der Waals surface area contributed by atoms with Crippen molar-refractivity contribution >= 4 is 33.6 Å². The van der Waals surface area contributed by atoms with E-state index < -0.39 is 0 Å². The van der Waals surface area contributed by atoms with Gasteiger partial charge in [0, 0.05) is 11.8 Å². The van der Waals surface area contributed by atoms with Gasteiger partial charge in [0.25, 0.3) is 0 Å². The highest BCUT2D eigenvalue weighted by atomic mass is 79.9. The molecule has 0 heterocycles. The Bertz CT molecular complexity index is 1060. The minimum absolute atomic E-state index is 0.193. The Morgan fingerprint density at radius 2 is 1.83 bits per heavy atom. The number of hydrogen-bond acceptors (Lipinski definition) is 3. The van der Waals surface area contributed by atoms with Gasteiger partial charge in [-0.3, -0.25) is 4.79 Å². The molecule has 3 aromatic carbocycles. The fourth-order valence-corrected chi connectivity index (χ4v) is 3.58. The lowest BCUT2D eigenvalue weighted by Gasteiger charge is -2.13. The van der Waals surface area contributed by atoms with Gasteiger partial charge in [0.05, 0.1) is 11.6 Å². The van der Waals surface area contributed by atoms with E-state index in [0.717, 1.165) is 32.4 Å². The predicted molar refractivity (Wildman–Crippen MR) is 125 cm³/mol. The zero-order chi connectivity index (χ0) is 21.5. The minimum atomic E-state index is -0.193. The Hall–Kier alpha value is -3.05. The SMILES string of the molecule is COc1cc(C=CC(=O)Nc2ccc(C)cc2C)cc(Br)c1OCc1ccccc1. The maximum absolute atomic E-state index is 12.3. The van der Waals surface area contributed by atoms with Crippen molar-refractivity contribution < 1.29 is 14.3 Å². The van der Waals surface area contributed by atoms with Crippen LogP contribution in [0, 0.1) is 13.8 Å². The number of methoxy groups -OCH3 is 1. The van der Waals surface area contributed by atoms with Crippen molar-refractivity contribution in [3.63, 3.8) is 0 Å². The van der Waals surface area contributed by atoms with Crippen molar-refractivity contribution in [3.05, 3.63) is 93.5 Å². The third-order valence-electron chi connectivity index (χ3n) is 4.54. The topological polar surface area (TPSA) is 47.6 Å². The van der Waals surface area contributed by atoms with Crippen molar-refractivity contribution in [1.29, 1.82) is 0 Å². The molecule has 0 aromatic heterocycles. The number of rotatable bonds is 7. The van der Waals surface area contributed by atoms with E-state index in [1.54, 1.807) is 13.2 Å². The number of carbonyl (C=O) groups excluding carboxylic acids is 1. The first-order valence-electron chi connectivity index (χ1n) is 9.57. The Labute approximate surface area is 185 Å². The number of carbonyl (C=O) groups is 1. The molecule has 0 aliphatic heterocycles. The molecule has 0 aliphatic carbocycles. The van der Waals surface area contributed by atoms with E-state index >= 15 is 0 Å². The molecular formula is C25H24BrNO3. The second kappa shape index (κ2) is 10.1. The fraction of sp³-hybridized carbons (Fsp3) is 0.160. The van der Waals surface area contributed by atoms with Gasteiger partial charge in [-0.1, -0.05) is 48.0 Å². The molecule has 0 radical (unpaired) electrons. The van der Waals surface area contributed by atoms with E-state index in [9.17, 15) is 4.79 Å². The first kappa shape index (κ1) is 21.7. The predicted octanol–water partition coefficient (Wildman–Crippen LogP) is 6.31. The van der Waals surface area contributed by atoms with Gasteiger partial charge in [-0.2, -0.15) is 0 Å². The van der Waals surface area contributed by atoms with Gasteiger partial charge in [0.2, 0.25) is 5.91 Å². The molecule has 0 spiro atoms. The third kappa shape index (κ3) is 5.74. The molecule has 0 fully saturated rings. The molecule has 5 heteroatoms. The van der Waals surface area contributed by atoms with Crippen LogP contribution in [0.1, 0.15) is 22.3 Å². The zero-order valence-corrected chi connectivity index (χ0v) is 18.8. The quantitative estimate of drug-likeness (QED) is 0.416. The largest absolute Gasteiger partial charge is 0.493 e. The van der Waals surface area contributed by atoms with E-state index in [1.165, 1.54) is 6.08 Å². The van der Waals surface area contributed by atoms with E-state index in [0.29, 0.717) is 18.1 Å². The molecule has 0 aliphatic rings. The highest BCUT2D eigenvalue weighted by Crippen LogP contribution is 2.37. The van der Waals surface area contributed by atoms with Crippen molar-refractivity contribution in [2.45, 2.75) is 20.5 Å². The molecule has 0 unspecified atom stereocenters. The summed E-state index contributed by atoms with van der Waals surface area (Å²) in [6, 6.07) is 19.6. The number of ether oxygens (including phenoxy) is 2. The van der Waals surface area contributed by atoms with Gasteiger partial charge in [-0.05, 0) is 70.7 Å². The zero-order valence-electron chi connectivity index (χ0n) is 17.2. The Balaban J connectivity index is 1.71. The van der Waals surface area contributed by atoms with Gasteiger partial charge in [-0.15, -0.1) is 0 Å². The smallest absolute Gasteiger partial charge is 0.248 e. The van der Waals surface area contributed by atoms with Gasteiger partial charge < -0.3 is 14.8 Å². The number of amides is 1. The Morgan fingerprint density at radius 3 is 2.53 bits per heavy atom. The Morgan fingerprint density at radius 1 is 1.07 bits per heavy atom. The van der Waals surface area contributed by atoms with Crippen LogP contribution in [-0.2, 0) is 11.4 Å². The monoisotopic (exact) mass is 465 g/mol. The summed E-state index contributed by atoms with van der Waals surface area (Å²) in [7, 11) is 1.59. The molecule has 0 saturated heterocycles. The van der Waals surface area contributed by atoms with Crippen LogP contribution in [0.15, 0.2) is 71.2 Å². The van der Waals surface area contributed by atoms with Gasteiger partial charge in [-0.25, -0.2) is 0 Å². The third-order valence-corrected chi connectivity index (χ3v) is 5.13. The van der Waals surface area contributed by atoms with Crippen LogP contribution in [0.2, 0.25) is 0 Å². The molecule has 4 nitrogen and oxygen atoms in total. The molecule has 30 heavy (non-hydrogen) atoms. The molecule has 1 N–H and O–H groups in total.